The fourth-order valence-electron chi connectivity index (χ4n) is 2.83. The lowest BCUT2D eigenvalue weighted by molar-refractivity contribution is 0.0951. The lowest BCUT2D eigenvalue weighted by Gasteiger charge is -2.11. The van der Waals surface area contributed by atoms with Crippen LogP contribution in [-0.2, 0) is 0 Å². The standard InChI is InChI=1S/C16H21N5O.ClH/c1-12-8-14(21-11-18-10-20-21)2-3-15(12)16(22)19-7-5-13-4-6-17-9-13;/h2-3,8,10-11,13,17H,4-7,9H2,1H3,(H,19,22);1H. The van der Waals surface area contributed by atoms with Gasteiger partial charge in [0.05, 0.1) is 5.69 Å². The molecule has 2 heterocycles. The molecule has 1 unspecified atom stereocenters. The third-order valence-electron chi connectivity index (χ3n) is 4.14. The van der Waals surface area contributed by atoms with Crippen LogP contribution >= 0.6 is 12.4 Å². The number of nitrogens with zero attached hydrogens (tertiary/aromatic N) is 3. The number of nitrogens with one attached hydrogen (secondary N) is 2. The second-order valence-electron chi connectivity index (χ2n) is 5.74. The molecular weight excluding hydrogens is 314 g/mol. The van der Waals surface area contributed by atoms with Crippen LogP contribution in [-0.4, -0.2) is 40.3 Å². The van der Waals surface area contributed by atoms with Gasteiger partial charge >= 0.3 is 0 Å². The highest BCUT2D eigenvalue weighted by atomic mass is 35.5. The first-order chi connectivity index (χ1) is 10.7. The number of carbonyl (C=O) groups excluding carboxylic acids is 1. The van der Waals surface area contributed by atoms with Gasteiger partial charge in [0, 0.05) is 12.1 Å². The highest BCUT2D eigenvalue weighted by Gasteiger charge is 2.15. The van der Waals surface area contributed by atoms with Crippen molar-refractivity contribution in [1.29, 1.82) is 0 Å². The summed E-state index contributed by atoms with van der Waals surface area (Å²) >= 11 is 0. The zero-order chi connectivity index (χ0) is 15.4. The maximum absolute atomic E-state index is 12.3. The average molecular weight is 336 g/mol. The summed E-state index contributed by atoms with van der Waals surface area (Å²) in [6, 6.07) is 5.68. The summed E-state index contributed by atoms with van der Waals surface area (Å²) < 4.78 is 1.68. The highest BCUT2D eigenvalue weighted by molar-refractivity contribution is 5.95. The lowest BCUT2D eigenvalue weighted by Crippen LogP contribution is -2.27. The first-order valence-corrected chi connectivity index (χ1v) is 7.68. The predicted molar refractivity (Wildman–Crippen MR) is 91.3 cm³/mol. The Balaban J connectivity index is 0.00000192. The van der Waals surface area contributed by atoms with Crippen molar-refractivity contribution in [2.75, 3.05) is 19.6 Å². The number of hydrogen-bond acceptors (Lipinski definition) is 4. The van der Waals surface area contributed by atoms with Gasteiger partial charge in [-0.1, -0.05) is 0 Å². The fraction of sp³-hybridized carbons (Fsp3) is 0.438. The van der Waals surface area contributed by atoms with Gasteiger partial charge in [0.25, 0.3) is 5.91 Å². The second kappa shape index (κ2) is 8.08. The number of aryl methyl sites for hydroxylation is 1. The van der Waals surface area contributed by atoms with E-state index in [1.807, 2.05) is 25.1 Å². The van der Waals surface area contributed by atoms with Crippen LogP contribution in [0.15, 0.2) is 30.9 Å². The van der Waals surface area contributed by atoms with Gasteiger partial charge in [-0.2, -0.15) is 5.10 Å². The summed E-state index contributed by atoms with van der Waals surface area (Å²) in [6.45, 7) is 4.84. The number of benzene rings is 1. The molecule has 2 N–H and O–H groups in total. The van der Waals surface area contributed by atoms with Crippen LogP contribution in [0.2, 0.25) is 0 Å². The molecule has 23 heavy (non-hydrogen) atoms. The van der Waals surface area contributed by atoms with Crippen LogP contribution in [0, 0.1) is 12.8 Å². The Hall–Kier alpha value is -1.92. The summed E-state index contributed by atoms with van der Waals surface area (Å²) in [5, 5.41) is 10.5. The maximum Gasteiger partial charge on any atom is 0.251 e. The normalized spacial score (nSPS) is 16.8. The quantitative estimate of drug-likeness (QED) is 0.873. The topological polar surface area (TPSA) is 71.8 Å². The Kier molecular flexibility index (Phi) is 6.12. The number of hydrogen-bond donors (Lipinski definition) is 2. The van der Waals surface area contributed by atoms with Gasteiger partial charge in [-0.25, -0.2) is 9.67 Å². The van der Waals surface area contributed by atoms with E-state index in [-0.39, 0.29) is 18.3 Å². The van der Waals surface area contributed by atoms with Gasteiger partial charge in [0.1, 0.15) is 12.7 Å². The monoisotopic (exact) mass is 335 g/mol. The molecule has 0 radical (unpaired) electrons. The number of aromatic nitrogens is 3. The number of carbonyl (C=O) groups is 1. The van der Waals surface area contributed by atoms with Crippen molar-refractivity contribution in [1.82, 2.24) is 25.4 Å². The predicted octanol–water partition coefficient (Wildman–Crippen LogP) is 1.73. The molecule has 6 nitrogen and oxygen atoms in total. The van der Waals surface area contributed by atoms with Crippen molar-refractivity contribution in [3.8, 4) is 5.69 Å². The summed E-state index contributed by atoms with van der Waals surface area (Å²) in [6.07, 6.45) is 5.38. The summed E-state index contributed by atoms with van der Waals surface area (Å²) in [4.78, 5) is 16.2. The molecule has 3 rings (SSSR count). The van der Waals surface area contributed by atoms with E-state index in [9.17, 15) is 4.79 Å². The zero-order valence-electron chi connectivity index (χ0n) is 13.2. The minimum atomic E-state index is -0.00593. The molecule has 1 aliphatic rings. The van der Waals surface area contributed by atoms with Gasteiger partial charge < -0.3 is 10.6 Å². The SMILES string of the molecule is Cc1cc(-n2cncn2)ccc1C(=O)NCCC1CCNC1.Cl. The van der Waals surface area contributed by atoms with Crippen LogP contribution in [0.1, 0.15) is 28.8 Å². The smallest absolute Gasteiger partial charge is 0.251 e. The summed E-state index contributed by atoms with van der Waals surface area (Å²) in [5.74, 6) is 0.685. The van der Waals surface area contributed by atoms with Crippen molar-refractivity contribution in [3.05, 3.63) is 42.0 Å². The molecule has 1 saturated heterocycles. The van der Waals surface area contributed by atoms with E-state index in [1.54, 1.807) is 11.0 Å². The third-order valence-corrected chi connectivity index (χ3v) is 4.14. The third kappa shape index (κ3) is 4.30. The average Bonchev–Trinajstić information content (AvgIpc) is 3.20. The summed E-state index contributed by atoms with van der Waals surface area (Å²) in [7, 11) is 0. The Bertz CT molecular complexity index is 638. The molecule has 0 bridgehead atoms. The minimum Gasteiger partial charge on any atom is -0.352 e. The van der Waals surface area contributed by atoms with E-state index in [2.05, 4.69) is 20.7 Å². The van der Waals surface area contributed by atoms with Crippen molar-refractivity contribution in [2.45, 2.75) is 19.8 Å². The van der Waals surface area contributed by atoms with Crippen molar-refractivity contribution < 1.29 is 4.79 Å². The molecule has 1 atom stereocenters. The van der Waals surface area contributed by atoms with E-state index in [1.165, 1.54) is 12.7 Å². The van der Waals surface area contributed by atoms with E-state index < -0.39 is 0 Å². The molecule has 1 aromatic carbocycles. The zero-order valence-corrected chi connectivity index (χ0v) is 14.0. The van der Waals surface area contributed by atoms with Crippen LogP contribution in [0.4, 0.5) is 0 Å². The minimum absolute atomic E-state index is 0. The molecule has 1 aliphatic heterocycles. The number of rotatable bonds is 5. The van der Waals surface area contributed by atoms with Crippen LogP contribution in [0.5, 0.6) is 0 Å². The Morgan fingerprint density at radius 1 is 1.48 bits per heavy atom. The molecule has 7 heteroatoms. The van der Waals surface area contributed by atoms with Gasteiger partial charge in [0.15, 0.2) is 0 Å². The van der Waals surface area contributed by atoms with Crippen LogP contribution in [0.25, 0.3) is 5.69 Å². The number of amides is 1. The largest absolute Gasteiger partial charge is 0.352 e. The van der Waals surface area contributed by atoms with Crippen molar-refractivity contribution >= 4 is 18.3 Å². The molecule has 1 amide bonds. The molecule has 0 saturated carbocycles. The Morgan fingerprint density at radius 3 is 3.00 bits per heavy atom. The van der Waals surface area contributed by atoms with E-state index in [4.69, 9.17) is 0 Å². The molecule has 0 aliphatic carbocycles. The molecule has 1 fully saturated rings. The van der Waals surface area contributed by atoms with Gasteiger partial charge in [-0.3, -0.25) is 4.79 Å². The molecule has 2 aromatic rings. The van der Waals surface area contributed by atoms with E-state index in [0.717, 1.165) is 37.3 Å². The van der Waals surface area contributed by atoms with E-state index >= 15 is 0 Å². The van der Waals surface area contributed by atoms with Crippen LogP contribution < -0.4 is 10.6 Å². The molecule has 1 aromatic heterocycles. The highest BCUT2D eigenvalue weighted by Crippen LogP contribution is 2.14. The molecular formula is C16H22ClN5O. The van der Waals surface area contributed by atoms with Crippen molar-refractivity contribution in [2.24, 2.45) is 5.92 Å². The summed E-state index contributed by atoms with van der Waals surface area (Å²) in [5.41, 5.74) is 2.56. The molecule has 0 spiro atoms. The lowest BCUT2D eigenvalue weighted by atomic mass is 10.0. The van der Waals surface area contributed by atoms with Crippen molar-refractivity contribution in [3.63, 3.8) is 0 Å². The van der Waals surface area contributed by atoms with Gasteiger partial charge in [0.2, 0.25) is 0 Å². The van der Waals surface area contributed by atoms with Gasteiger partial charge in [-0.05, 0) is 62.5 Å². The fourth-order valence-corrected chi connectivity index (χ4v) is 2.83. The second-order valence-corrected chi connectivity index (χ2v) is 5.74. The van der Waals surface area contributed by atoms with Gasteiger partial charge in [-0.15, -0.1) is 12.4 Å². The Morgan fingerprint density at radius 2 is 2.35 bits per heavy atom. The number of halogens is 1. The first kappa shape index (κ1) is 17.4. The first-order valence-electron chi connectivity index (χ1n) is 7.68. The Labute approximate surface area is 142 Å². The van der Waals surface area contributed by atoms with Crippen LogP contribution in [0.3, 0.4) is 0 Å². The maximum atomic E-state index is 12.3. The van der Waals surface area contributed by atoms with E-state index in [0.29, 0.717) is 11.5 Å². The molecule has 124 valence electrons.